The number of hydrogen-bond donors (Lipinski definition) is 0. The number of rotatable bonds is 1. The number of nitrogens with zero attached hydrogens (tertiary/aromatic N) is 2. The summed E-state index contributed by atoms with van der Waals surface area (Å²) in [5.41, 5.74) is 1.84. The topological polar surface area (TPSA) is 37.7 Å². The van der Waals surface area contributed by atoms with Crippen molar-refractivity contribution in [2.75, 3.05) is 0 Å². The Bertz CT molecular complexity index is 205. The first-order valence-electron chi connectivity index (χ1n) is 2.83. The predicted molar refractivity (Wildman–Crippen MR) is 32.4 cm³/mol. The fraction of sp³-hybridized carbons (Fsp3) is 0.500. The van der Waals surface area contributed by atoms with Crippen LogP contribution in [0.2, 0.25) is 0 Å². The van der Waals surface area contributed by atoms with Crippen LogP contribution in [0.3, 0.4) is 0 Å². The van der Waals surface area contributed by atoms with Crippen LogP contribution in [0.4, 0.5) is 0 Å². The zero-order valence-corrected chi connectivity index (χ0v) is 5.59. The average molecular weight is 125 g/mol. The molecule has 1 aromatic rings. The van der Waals surface area contributed by atoms with Crippen molar-refractivity contribution in [1.82, 2.24) is 9.78 Å². The molecule has 0 spiro atoms. The lowest BCUT2D eigenvalue weighted by molar-refractivity contribution is 0.106. The van der Waals surface area contributed by atoms with Gasteiger partial charge >= 0.3 is 0 Å². The highest BCUT2D eigenvalue weighted by atomic mass is 16.3. The third-order valence-electron chi connectivity index (χ3n) is 1.23. The molecule has 0 N–H and O–H groups in total. The Morgan fingerprint density at radius 1 is 1.67 bits per heavy atom. The lowest BCUT2D eigenvalue weighted by Gasteiger charge is -1.92. The van der Waals surface area contributed by atoms with Gasteiger partial charge in [-0.15, -0.1) is 0 Å². The van der Waals surface area contributed by atoms with E-state index in [0.717, 1.165) is 11.4 Å². The molecular weight excluding hydrogens is 116 g/mol. The van der Waals surface area contributed by atoms with Gasteiger partial charge < -0.3 is 0 Å². The van der Waals surface area contributed by atoms with Crippen LogP contribution in [-0.4, -0.2) is 9.78 Å². The Hall–Kier alpha value is -0.830. The van der Waals surface area contributed by atoms with Gasteiger partial charge in [0.05, 0.1) is 5.69 Å². The number of aromatic nitrogens is 2. The fourth-order valence-electron chi connectivity index (χ4n) is 0.806. The number of hydrogen-bond acceptors (Lipinski definition) is 1. The van der Waals surface area contributed by atoms with E-state index in [2.05, 4.69) is 5.10 Å². The van der Waals surface area contributed by atoms with Crippen LogP contribution < -0.4 is 0 Å². The standard InChI is InChI=1S/C6H9N2O/c1-5-3-6(2)8(4-9)7-5/h3H,4H2,1-2H3. The second kappa shape index (κ2) is 2.19. The van der Waals surface area contributed by atoms with Crippen LogP contribution in [-0.2, 0) is 11.8 Å². The fourth-order valence-corrected chi connectivity index (χ4v) is 0.806. The van der Waals surface area contributed by atoms with Gasteiger partial charge in [0, 0.05) is 5.69 Å². The molecule has 0 amide bonds. The smallest absolute Gasteiger partial charge is 0.174 e. The molecule has 49 valence electrons. The maximum atomic E-state index is 10.3. The maximum absolute atomic E-state index is 10.3. The molecule has 0 bridgehead atoms. The van der Waals surface area contributed by atoms with Gasteiger partial charge in [-0.05, 0) is 19.9 Å². The zero-order valence-electron chi connectivity index (χ0n) is 5.59. The summed E-state index contributed by atoms with van der Waals surface area (Å²) in [6.07, 6.45) is 0. The van der Waals surface area contributed by atoms with Crippen LogP contribution >= 0.6 is 0 Å². The summed E-state index contributed by atoms with van der Waals surface area (Å²) in [5.74, 6) is 0. The van der Waals surface area contributed by atoms with Gasteiger partial charge in [0.15, 0.2) is 6.73 Å². The molecule has 0 aliphatic carbocycles. The van der Waals surface area contributed by atoms with E-state index in [1.807, 2.05) is 19.9 Å². The van der Waals surface area contributed by atoms with E-state index in [9.17, 15) is 5.11 Å². The molecule has 1 heterocycles. The summed E-state index contributed by atoms with van der Waals surface area (Å²) in [6.45, 7) is 3.47. The Balaban J connectivity index is 3.01. The second-order valence-electron chi connectivity index (χ2n) is 2.06. The van der Waals surface area contributed by atoms with Crippen LogP contribution in [0.1, 0.15) is 11.4 Å². The van der Waals surface area contributed by atoms with E-state index in [1.54, 1.807) is 0 Å². The van der Waals surface area contributed by atoms with Gasteiger partial charge in [0.25, 0.3) is 0 Å². The molecule has 3 heteroatoms. The van der Waals surface area contributed by atoms with Crippen molar-refractivity contribution in [2.24, 2.45) is 0 Å². The third kappa shape index (κ3) is 1.10. The lowest BCUT2D eigenvalue weighted by Crippen LogP contribution is -1.99. The summed E-state index contributed by atoms with van der Waals surface area (Å²) in [5, 5.41) is 14.2. The molecule has 0 saturated carbocycles. The van der Waals surface area contributed by atoms with Crippen molar-refractivity contribution in [3.05, 3.63) is 17.5 Å². The van der Waals surface area contributed by atoms with Crippen molar-refractivity contribution in [3.8, 4) is 0 Å². The van der Waals surface area contributed by atoms with Gasteiger partial charge in [-0.2, -0.15) is 5.10 Å². The van der Waals surface area contributed by atoms with Crippen molar-refractivity contribution in [1.29, 1.82) is 0 Å². The molecule has 0 aliphatic heterocycles. The summed E-state index contributed by atoms with van der Waals surface area (Å²) in [7, 11) is 0. The van der Waals surface area contributed by atoms with Gasteiger partial charge in [-0.3, -0.25) is 0 Å². The summed E-state index contributed by atoms with van der Waals surface area (Å²) >= 11 is 0. The molecule has 3 nitrogen and oxygen atoms in total. The molecule has 0 atom stereocenters. The molecule has 0 saturated heterocycles. The van der Waals surface area contributed by atoms with Crippen molar-refractivity contribution in [2.45, 2.75) is 20.6 Å². The molecule has 1 radical (unpaired) electrons. The molecular formula is C6H9N2O. The van der Waals surface area contributed by atoms with Gasteiger partial charge in [0.2, 0.25) is 0 Å². The highest BCUT2D eigenvalue weighted by Gasteiger charge is 1.96. The lowest BCUT2D eigenvalue weighted by atomic mass is 10.4. The minimum Gasteiger partial charge on any atom is -0.240 e. The summed E-state index contributed by atoms with van der Waals surface area (Å²) < 4.78 is 1.44. The van der Waals surface area contributed by atoms with E-state index in [0.29, 0.717) is 0 Å². The van der Waals surface area contributed by atoms with Crippen molar-refractivity contribution in [3.63, 3.8) is 0 Å². The van der Waals surface area contributed by atoms with Crippen LogP contribution in [0, 0.1) is 13.8 Å². The highest BCUT2D eigenvalue weighted by molar-refractivity contribution is 5.05. The molecule has 0 aliphatic rings. The van der Waals surface area contributed by atoms with Gasteiger partial charge in [0.1, 0.15) is 0 Å². The minimum absolute atomic E-state index is 0.278. The van der Waals surface area contributed by atoms with E-state index in [-0.39, 0.29) is 6.73 Å². The van der Waals surface area contributed by atoms with E-state index >= 15 is 0 Å². The minimum atomic E-state index is -0.278. The van der Waals surface area contributed by atoms with Crippen LogP contribution in [0.15, 0.2) is 6.07 Å². The van der Waals surface area contributed by atoms with Crippen LogP contribution in [0.5, 0.6) is 0 Å². The van der Waals surface area contributed by atoms with Gasteiger partial charge in [-0.1, -0.05) is 0 Å². The average Bonchev–Trinajstić information content (AvgIpc) is 2.10. The monoisotopic (exact) mass is 125 g/mol. The largest absolute Gasteiger partial charge is 0.240 e. The molecule has 9 heavy (non-hydrogen) atoms. The normalized spacial score (nSPS) is 10.1. The summed E-state index contributed by atoms with van der Waals surface area (Å²) in [4.78, 5) is 0. The zero-order chi connectivity index (χ0) is 6.85. The second-order valence-corrected chi connectivity index (χ2v) is 2.06. The first kappa shape index (κ1) is 6.29. The maximum Gasteiger partial charge on any atom is 0.174 e. The molecule has 1 rings (SSSR count). The van der Waals surface area contributed by atoms with Gasteiger partial charge in [-0.25, -0.2) is 9.79 Å². The quantitative estimate of drug-likeness (QED) is 0.549. The molecule has 0 fully saturated rings. The molecule has 0 aromatic carbocycles. The predicted octanol–water partition coefficient (Wildman–Crippen LogP) is 0.888. The number of aryl methyl sites for hydroxylation is 2. The third-order valence-corrected chi connectivity index (χ3v) is 1.23. The molecule has 0 unspecified atom stereocenters. The van der Waals surface area contributed by atoms with Crippen molar-refractivity contribution >= 4 is 0 Å². The van der Waals surface area contributed by atoms with E-state index in [4.69, 9.17) is 0 Å². The first-order valence-corrected chi connectivity index (χ1v) is 2.83. The molecule has 1 aromatic heterocycles. The Kier molecular flexibility index (Phi) is 1.53. The Morgan fingerprint density at radius 3 is 2.56 bits per heavy atom. The van der Waals surface area contributed by atoms with Crippen LogP contribution in [0.25, 0.3) is 0 Å². The Labute approximate surface area is 53.9 Å². The highest BCUT2D eigenvalue weighted by Crippen LogP contribution is 1.99. The SMILES string of the molecule is Cc1cc(C)n(C[O])n1. The first-order chi connectivity index (χ1) is 4.24. The van der Waals surface area contributed by atoms with E-state index < -0.39 is 0 Å². The Morgan fingerprint density at radius 2 is 2.33 bits per heavy atom. The van der Waals surface area contributed by atoms with E-state index in [1.165, 1.54) is 4.68 Å². The summed E-state index contributed by atoms with van der Waals surface area (Å²) in [6, 6.07) is 1.89. The van der Waals surface area contributed by atoms with Crippen molar-refractivity contribution < 1.29 is 5.11 Å².